The number of anilines is 1. The number of carbonyl (C=O) groups is 2. The van der Waals surface area contributed by atoms with Crippen LogP contribution in [0.1, 0.15) is 42.5 Å². The number of nitrogens with zero attached hydrogens (tertiary/aromatic N) is 2. The summed E-state index contributed by atoms with van der Waals surface area (Å²) in [6.45, 7) is 6.14. The third-order valence-electron chi connectivity index (χ3n) is 6.61. The first-order chi connectivity index (χ1) is 18.6. The topological polar surface area (TPSA) is 86.8 Å². The summed E-state index contributed by atoms with van der Waals surface area (Å²) in [5.74, 6) is -0.708. The Bertz CT molecular complexity index is 1340. The fourth-order valence-electron chi connectivity index (χ4n) is 4.46. The van der Waals surface area contributed by atoms with Gasteiger partial charge in [0.1, 0.15) is 12.6 Å². The van der Waals surface area contributed by atoms with Crippen molar-refractivity contribution in [2.24, 2.45) is 0 Å². The Hall–Kier alpha value is -3.65. The lowest BCUT2D eigenvalue weighted by Gasteiger charge is -2.34. The Labute approximate surface area is 232 Å². The highest BCUT2D eigenvalue weighted by molar-refractivity contribution is 7.92. The smallest absolute Gasteiger partial charge is 0.244 e. The van der Waals surface area contributed by atoms with Gasteiger partial charge in [0.25, 0.3) is 0 Å². The summed E-state index contributed by atoms with van der Waals surface area (Å²) in [4.78, 5) is 29.1. The normalized spacial score (nSPS) is 12.0. The lowest BCUT2D eigenvalue weighted by atomic mass is 10.0. The van der Waals surface area contributed by atoms with Crippen LogP contribution in [0.4, 0.5) is 5.69 Å². The number of hydrogen-bond donors (Lipinski definition) is 1. The number of nitrogens with one attached hydrogen (secondary N) is 1. The summed E-state index contributed by atoms with van der Waals surface area (Å²) in [6, 6.07) is 23.7. The van der Waals surface area contributed by atoms with Gasteiger partial charge >= 0.3 is 0 Å². The van der Waals surface area contributed by atoms with Gasteiger partial charge in [0.15, 0.2) is 0 Å². The molecule has 1 N–H and O–H groups in total. The molecule has 39 heavy (non-hydrogen) atoms. The molecule has 0 saturated heterocycles. The molecule has 0 aromatic heterocycles. The van der Waals surface area contributed by atoms with E-state index in [2.05, 4.69) is 5.32 Å². The van der Waals surface area contributed by atoms with E-state index < -0.39 is 28.5 Å². The van der Waals surface area contributed by atoms with Gasteiger partial charge in [-0.3, -0.25) is 13.9 Å². The summed E-state index contributed by atoms with van der Waals surface area (Å²) >= 11 is 0. The monoisotopic (exact) mass is 549 g/mol. The molecule has 0 bridgehead atoms. The molecule has 208 valence electrons. The second-order valence-electron chi connectivity index (χ2n) is 9.76. The van der Waals surface area contributed by atoms with Crippen LogP contribution in [-0.4, -0.2) is 50.5 Å². The lowest BCUT2D eigenvalue weighted by molar-refractivity contribution is -0.140. The third-order valence-corrected chi connectivity index (χ3v) is 7.74. The Kier molecular flexibility index (Phi) is 10.7. The molecule has 0 radical (unpaired) electrons. The molecular formula is C31H39N3O4S. The van der Waals surface area contributed by atoms with Crippen LogP contribution in [-0.2, 0) is 39.0 Å². The number of para-hydroxylation sites is 1. The zero-order chi connectivity index (χ0) is 28.4. The molecule has 1 atom stereocenters. The molecule has 2 amide bonds. The maximum absolute atomic E-state index is 14.1. The SMILES string of the molecule is CCCNC(=O)C(Cc1ccccc1)N(Cc1ccc(C)cc1)C(=O)CN(c1ccccc1CC)S(C)(=O)=O. The van der Waals surface area contributed by atoms with Crippen LogP contribution in [0, 0.1) is 6.92 Å². The van der Waals surface area contributed by atoms with Crippen molar-refractivity contribution in [1.29, 1.82) is 0 Å². The molecule has 3 aromatic rings. The molecule has 1 unspecified atom stereocenters. The van der Waals surface area contributed by atoms with Gasteiger partial charge in [-0.15, -0.1) is 0 Å². The molecule has 3 rings (SSSR count). The number of amides is 2. The minimum atomic E-state index is -3.79. The van der Waals surface area contributed by atoms with Gasteiger partial charge in [0, 0.05) is 19.5 Å². The van der Waals surface area contributed by atoms with Gasteiger partial charge in [0.05, 0.1) is 11.9 Å². The number of hydrogen-bond acceptors (Lipinski definition) is 4. The number of rotatable bonds is 13. The average molecular weight is 550 g/mol. The van der Waals surface area contributed by atoms with E-state index in [1.807, 2.05) is 87.5 Å². The van der Waals surface area contributed by atoms with Crippen molar-refractivity contribution in [3.63, 3.8) is 0 Å². The second-order valence-corrected chi connectivity index (χ2v) is 11.7. The first kappa shape index (κ1) is 29.9. The van der Waals surface area contributed by atoms with E-state index in [1.165, 1.54) is 4.90 Å². The summed E-state index contributed by atoms with van der Waals surface area (Å²) < 4.78 is 27.1. The minimum Gasteiger partial charge on any atom is -0.354 e. The van der Waals surface area contributed by atoms with Crippen LogP contribution in [0.5, 0.6) is 0 Å². The Morgan fingerprint density at radius 3 is 2.13 bits per heavy atom. The maximum Gasteiger partial charge on any atom is 0.244 e. The molecule has 7 nitrogen and oxygen atoms in total. The van der Waals surface area contributed by atoms with Crippen LogP contribution >= 0.6 is 0 Å². The van der Waals surface area contributed by atoms with Gasteiger partial charge in [-0.25, -0.2) is 8.42 Å². The molecule has 0 spiro atoms. The zero-order valence-electron chi connectivity index (χ0n) is 23.3. The fraction of sp³-hybridized carbons (Fsp3) is 0.355. The maximum atomic E-state index is 14.1. The van der Waals surface area contributed by atoms with Gasteiger partial charge in [0.2, 0.25) is 21.8 Å². The molecule has 0 aliphatic rings. The van der Waals surface area contributed by atoms with Gasteiger partial charge in [-0.1, -0.05) is 92.2 Å². The molecule has 0 saturated carbocycles. The van der Waals surface area contributed by atoms with Crippen molar-refractivity contribution >= 4 is 27.5 Å². The van der Waals surface area contributed by atoms with E-state index in [4.69, 9.17) is 0 Å². The van der Waals surface area contributed by atoms with Crippen molar-refractivity contribution in [2.45, 2.75) is 52.6 Å². The third kappa shape index (κ3) is 8.42. The molecule has 0 aliphatic carbocycles. The molecule has 0 fully saturated rings. The van der Waals surface area contributed by atoms with E-state index in [0.29, 0.717) is 25.1 Å². The number of carbonyl (C=O) groups excluding carboxylic acids is 2. The van der Waals surface area contributed by atoms with E-state index in [1.54, 1.807) is 12.1 Å². The predicted octanol–water partition coefficient (Wildman–Crippen LogP) is 4.49. The summed E-state index contributed by atoms with van der Waals surface area (Å²) in [7, 11) is -3.79. The quantitative estimate of drug-likeness (QED) is 0.340. The summed E-state index contributed by atoms with van der Waals surface area (Å²) in [6.07, 6.45) is 2.77. The summed E-state index contributed by atoms with van der Waals surface area (Å²) in [5.41, 5.74) is 4.14. The molecule has 3 aromatic carbocycles. The average Bonchev–Trinajstić information content (AvgIpc) is 2.93. The van der Waals surface area contributed by atoms with Crippen LogP contribution in [0.15, 0.2) is 78.9 Å². The summed E-state index contributed by atoms with van der Waals surface area (Å²) in [5, 5.41) is 2.95. The van der Waals surface area contributed by atoms with Crippen LogP contribution in [0.2, 0.25) is 0 Å². The van der Waals surface area contributed by atoms with Crippen molar-refractivity contribution < 1.29 is 18.0 Å². The molecule has 0 aliphatic heterocycles. The standard InChI is InChI=1S/C31H39N3O4S/c1-5-20-32-31(36)29(21-25-12-8-7-9-13-25)33(22-26-18-16-24(3)17-19-26)30(35)23-34(39(4,37)38)28-15-11-10-14-27(28)6-2/h7-19,29H,5-6,20-23H2,1-4H3,(H,32,36). The van der Waals surface area contributed by atoms with Crippen molar-refractivity contribution in [1.82, 2.24) is 10.2 Å². The van der Waals surface area contributed by atoms with Crippen molar-refractivity contribution in [2.75, 3.05) is 23.7 Å². The lowest BCUT2D eigenvalue weighted by Crippen LogP contribution is -2.53. The number of sulfonamides is 1. The molecular weight excluding hydrogens is 510 g/mol. The Balaban J connectivity index is 2.05. The van der Waals surface area contributed by atoms with Gasteiger partial charge in [-0.2, -0.15) is 0 Å². The number of aryl methyl sites for hydroxylation is 2. The van der Waals surface area contributed by atoms with E-state index in [0.717, 1.165) is 39.2 Å². The predicted molar refractivity (Wildman–Crippen MR) is 157 cm³/mol. The van der Waals surface area contributed by atoms with E-state index in [-0.39, 0.29) is 12.5 Å². The van der Waals surface area contributed by atoms with Crippen molar-refractivity contribution in [3.8, 4) is 0 Å². The van der Waals surface area contributed by atoms with E-state index in [9.17, 15) is 18.0 Å². The zero-order valence-corrected chi connectivity index (χ0v) is 24.1. The Morgan fingerprint density at radius 2 is 1.51 bits per heavy atom. The van der Waals surface area contributed by atoms with Gasteiger partial charge in [-0.05, 0) is 42.5 Å². The van der Waals surface area contributed by atoms with E-state index >= 15 is 0 Å². The van der Waals surface area contributed by atoms with Gasteiger partial charge < -0.3 is 10.2 Å². The minimum absolute atomic E-state index is 0.170. The van der Waals surface area contributed by atoms with Crippen LogP contribution in [0.25, 0.3) is 0 Å². The molecule has 8 heteroatoms. The first-order valence-corrected chi connectivity index (χ1v) is 15.2. The highest BCUT2D eigenvalue weighted by Crippen LogP contribution is 2.24. The second kappa shape index (κ2) is 13.9. The molecule has 0 heterocycles. The van der Waals surface area contributed by atoms with Crippen molar-refractivity contribution in [3.05, 3.63) is 101 Å². The highest BCUT2D eigenvalue weighted by atomic mass is 32.2. The van der Waals surface area contributed by atoms with Crippen LogP contribution in [0.3, 0.4) is 0 Å². The Morgan fingerprint density at radius 1 is 0.872 bits per heavy atom. The number of benzene rings is 3. The van der Waals surface area contributed by atoms with Crippen LogP contribution < -0.4 is 9.62 Å². The first-order valence-electron chi connectivity index (χ1n) is 13.4. The highest BCUT2D eigenvalue weighted by Gasteiger charge is 2.33. The fourth-order valence-corrected chi connectivity index (χ4v) is 5.34. The largest absolute Gasteiger partial charge is 0.354 e.